The van der Waals surface area contributed by atoms with Crippen molar-refractivity contribution in [1.29, 1.82) is 0 Å². The first-order chi connectivity index (χ1) is 12.7. The number of esters is 1. The molecule has 1 aliphatic heterocycles. The highest BCUT2D eigenvalue weighted by Gasteiger charge is 2.21. The summed E-state index contributed by atoms with van der Waals surface area (Å²) in [6.45, 7) is 1.08. The maximum Gasteiger partial charge on any atom is 0.411 e. The van der Waals surface area contributed by atoms with Crippen molar-refractivity contribution in [2.45, 2.75) is 12.9 Å². The molecule has 0 spiro atoms. The van der Waals surface area contributed by atoms with Crippen LogP contribution in [0.15, 0.2) is 48.5 Å². The minimum Gasteiger partial charge on any atom is -0.465 e. The normalized spacial score (nSPS) is 14.0. The molecule has 1 fully saturated rings. The third kappa shape index (κ3) is 4.59. The highest BCUT2D eigenvalue weighted by molar-refractivity contribution is 5.93. The van der Waals surface area contributed by atoms with Crippen LogP contribution in [0.2, 0.25) is 0 Å². The molecule has 136 valence electrons. The van der Waals surface area contributed by atoms with E-state index in [9.17, 15) is 9.59 Å². The predicted octanol–water partition coefficient (Wildman–Crippen LogP) is 3.27. The van der Waals surface area contributed by atoms with Crippen molar-refractivity contribution in [2.75, 3.05) is 25.6 Å². The number of methoxy groups -OCH3 is 1. The Labute approximate surface area is 150 Å². The standard InChI is InChI=1S/C19H19NO6/c1-23-17(21)14-9-15(18-24-7-8-25-18)11-16(10-14)20-19(22)26-12-13-5-3-2-4-6-13/h2-6,9-11,18H,7-8,12H2,1H3,(H,20,22). The van der Waals surface area contributed by atoms with E-state index in [0.29, 0.717) is 24.5 Å². The van der Waals surface area contributed by atoms with E-state index < -0.39 is 18.4 Å². The quantitative estimate of drug-likeness (QED) is 0.827. The van der Waals surface area contributed by atoms with Crippen LogP contribution in [-0.2, 0) is 25.6 Å². The molecule has 0 unspecified atom stereocenters. The Morgan fingerprint density at radius 1 is 1.12 bits per heavy atom. The van der Waals surface area contributed by atoms with Crippen LogP contribution in [0.5, 0.6) is 0 Å². The predicted molar refractivity (Wildman–Crippen MR) is 92.7 cm³/mol. The summed E-state index contributed by atoms with van der Waals surface area (Å²) in [6, 6.07) is 14.1. The molecule has 0 atom stereocenters. The number of anilines is 1. The molecule has 0 aromatic heterocycles. The van der Waals surface area contributed by atoms with Gasteiger partial charge in [0.15, 0.2) is 6.29 Å². The number of amides is 1. The number of rotatable bonds is 5. The van der Waals surface area contributed by atoms with Crippen LogP contribution in [0.25, 0.3) is 0 Å². The Hall–Kier alpha value is -2.90. The summed E-state index contributed by atoms with van der Waals surface area (Å²) in [5.74, 6) is -0.523. The third-order valence-electron chi connectivity index (χ3n) is 3.73. The monoisotopic (exact) mass is 357 g/mol. The average Bonchev–Trinajstić information content (AvgIpc) is 3.21. The number of hydrogen-bond donors (Lipinski definition) is 1. The second kappa shape index (κ2) is 8.46. The van der Waals surface area contributed by atoms with Gasteiger partial charge in [-0.3, -0.25) is 5.32 Å². The van der Waals surface area contributed by atoms with Gasteiger partial charge in [0.1, 0.15) is 6.61 Å². The minimum absolute atomic E-state index is 0.144. The molecule has 26 heavy (non-hydrogen) atoms. The lowest BCUT2D eigenvalue weighted by Gasteiger charge is -2.14. The van der Waals surface area contributed by atoms with Crippen LogP contribution in [0.1, 0.15) is 27.8 Å². The fourth-order valence-corrected chi connectivity index (χ4v) is 2.52. The van der Waals surface area contributed by atoms with Crippen LogP contribution in [0.4, 0.5) is 10.5 Å². The van der Waals surface area contributed by atoms with Gasteiger partial charge in [0.05, 0.1) is 25.9 Å². The van der Waals surface area contributed by atoms with Crippen LogP contribution in [0.3, 0.4) is 0 Å². The summed E-state index contributed by atoms with van der Waals surface area (Å²) in [6.07, 6.45) is -1.21. The Bertz CT molecular complexity index is 771. The second-order valence-electron chi connectivity index (χ2n) is 5.60. The van der Waals surface area contributed by atoms with Crippen molar-refractivity contribution in [2.24, 2.45) is 0 Å². The van der Waals surface area contributed by atoms with Crippen molar-refractivity contribution < 1.29 is 28.5 Å². The Kier molecular flexibility index (Phi) is 5.83. The molecular formula is C19H19NO6. The number of carbonyl (C=O) groups excluding carboxylic acids is 2. The molecule has 0 bridgehead atoms. The lowest BCUT2D eigenvalue weighted by atomic mass is 10.1. The van der Waals surface area contributed by atoms with Crippen molar-refractivity contribution in [1.82, 2.24) is 0 Å². The highest BCUT2D eigenvalue weighted by Crippen LogP contribution is 2.27. The van der Waals surface area contributed by atoms with Gasteiger partial charge in [0.25, 0.3) is 0 Å². The van der Waals surface area contributed by atoms with E-state index in [1.807, 2.05) is 30.3 Å². The molecular weight excluding hydrogens is 338 g/mol. The average molecular weight is 357 g/mol. The molecule has 0 saturated carbocycles. The zero-order chi connectivity index (χ0) is 18.4. The number of carbonyl (C=O) groups is 2. The molecule has 1 N–H and O–H groups in total. The molecule has 3 rings (SSSR count). The molecule has 7 nitrogen and oxygen atoms in total. The Balaban J connectivity index is 1.71. The van der Waals surface area contributed by atoms with Crippen molar-refractivity contribution in [3.63, 3.8) is 0 Å². The summed E-state index contributed by atoms with van der Waals surface area (Å²) in [5, 5.41) is 2.62. The first-order valence-electron chi connectivity index (χ1n) is 8.10. The molecule has 0 radical (unpaired) electrons. The molecule has 2 aromatic rings. The second-order valence-corrected chi connectivity index (χ2v) is 5.60. The van der Waals surface area contributed by atoms with E-state index in [-0.39, 0.29) is 12.2 Å². The van der Waals surface area contributed by atoms with Crippen molar-refractivity contribution in [3.8, 4) is 0 Å². The number of ether oxygens (including phenoxy) is 4. The lowest BCUT2D eigenvalue weighted by Crippen LogP contribution is -2.15. The maximum atomic E-state index is 12.1. The lowest BCUT2D eigenvalue weighted by molar-refractivity contribution is -0.0441. The summed E-state index contributed by atoms with van der Waals surface area (Å²) in [7, 11) is 1.29. The van der Waals surface area contributed by atoms with E-state index >= 15 is 0 Å². The van der Waals surface area contributed by atoms with Crippen LogP contribution >= 0.6 is 0 Å². The van der Waals surface area contributed by atoms with E-state index in [4.69, 9.17) is 18.9 Å². The summed E-state index contributed by atoms with van der Waals surface area (Å²) >= 11 is 0. The van der Waals surface area contributed by atoms with Crippen LogP contribution in [-0.4, -0.2) is 32.4 Å². The van der Waals surface area contributed by atoms with Crippen molar-refractivity contribution in [3.05, 3.63) is 65.2 Å². The van der Waals surface area contributed by atoms with Gasteiger partial charge in [-0.2, -0.15) is 0 Å². The molecule has 1 saturated heterocycles. The van der Waals surface area contributed by atoms with E-state index in [0.717, 1.165) is 5.56 Å². The maximum absolute atomic E-state index is 12.1. The van der Waals surface area contributed by atoms with Gasteiger partial charge in [-0.25, -0.2) is 9.59 Å². The molecule has 1 aliphatic rings. The molecule has 0 aliphatic carbocycles. The number of hydrogen-bond acceptors (Lipinski definition) is 6. The van der Waals surface area contributed by atoms with Crippen LogP contribution in [0, 0.1) is 0 Å². The van der Waals surface area contributed by atoms with Gasteiger partial charge in [0, 0.05) is 11.3 Å². The van der Waals surface area contributed by atoms with E-state index in [2.05, 4.69) is 5.32 Å². The Morgan fingerprint density at radius 2 is 1.85 bits per heavy atom. The number of benzene rings is 2. The summed E-state index contributed by atoms with van der Waals surface area (Å²) in [4.78, 5) is 23.9. The first kappa shape index (κ1) is 17.9. The SMILES string of the molecule is COC(=O)c1cc(NC(=O)OCc2ccccc2)cc(C2OCCO2)c1. The smallest absolute Gasteiger partial charge is 0.411 e. The summed E-state index contributed by atoms with van der Waals surface area (Å²) in [5.41, 5.74) is 2.16. The van der Waals surface area contributed by atoms with Crippen molar-refractivity contribution >= 4 is 17.7 Å². The topological polar surface area (TPSA) is 83.1 Å². The highest BCUT2D eigenvalue weighted by atomic mass is 16.7. The fourth-order valence-electron chi connectivity index (χ4n) is 2.52. The molecule has 1 amide bonds. The zero-order valence-corrected chi connectivity index (χ0v) is 14.3. The van der Waals surface area contributed by atoms with Gasteiger partial charge in [-0.15, -0.1) is 0 Å². The fraction of sp³-hybridized carbons (Fsp3) is 0.263. The third-order valence-corrected chi connectivity index (χ3v) is 3.73. The largest absolute Gasteiger partial charge is 0.465 e. The van der Waals surface area contributed by atoms with Gasteiger partial charge in [0.2, 0.25) is 0 Å². The van der Waals surface area contributed by atoms with E-state index in [1.54, 1.807) is 12.1 Å². The van der Waals surface area contributed by atoms with E-state index in [1.165, 1.54) is 13.2 Å². The summed E-state index contributed by atoms with van der Waals surface area (Å²) < 4.78 is 20.9. The molecule has 1 heterocycles. The van der Waals surface area contributed by atoms with Crippen LogP contribution < -0.4 is 5.32 Å². The van der Waals surface area contributed by atoms with Gasteiger partial charge in [-0.05, 0) is 23.8 Å². The minimum atomic E-state index is -0.630. The van der Waals surface area contributed by atoms with Gasteiger partial charge < -0.3 is 18.9 Å². The van der Waals surface area contributed by atoms with Gasteiger partial charge >= 0.3 is 12.1 Å². The first-order valence-corrected chi connectivity index (χ1v) is 8.10. The zero-order valence-electron chi connectivity index (χ0n) is 14.3. The van der Waals surface area contributed by atoms with Gasteiger partial charge in [-0.1, -0.05) is 30.3 Å². The molecule has 2 aromatic carbocycles. The molecule has 7 heteroatoms. The Morgan fingerprint density at radius 3 is 2.54 bits per heavy atom. The number of nitrogens with one attached hydrogen (secondary N) is 1.